The van der Waals surface area contributed by atoms with E-state index in [1.165, 1.54) is 19.8 Å². The molecule has 1 aromatic heterocycles. The van der Waals surface area contributed by atoms with E-state index in [1.54, 1.807) is 25.1 Å². The number of benzene rings is 1. The lowest BCUT2D eigenvalue weighted by atomic mass is 10.1. The topological polar surface area (TPSA) is 83.4 Å². The van der Waals surface area contributed by atoms with E-state index in [1.807, 2.05) is 19.3 Å². The van der Waals surface area contributed by atoms with Gasteiger partial charge in [0.15, 0.2) is 0 Å². The van der Waals surface area contributed by atoms with Crippen LogP contribution in [0.4, 0.5) is 5.69 Å². The third-order valence-corrected chi connectivity index (χ3v) is 7.24. The van der Waals surface area contributed by atoms with Crippen molar-refractivity contribution < 1.29 is 13.2 Å². The van der Waals surface area contributed by atoms with Crippen molar-refractivity contribution in [2.45, 2.75) is 50.5 Å². The number of hydrogen-bond donors (Lipinski definition) is 2. The number of carbonyl (C=O) groups is 1. The molecule has 1 amide bonds. The minimum absolute atomic E-state index is 0.0168. The van der Waals surface area contributed by atoms with Crippen molar-refractivity contribution in [3.05, 3.63) is 47.8 Å². The maximum atomic E-state index is 13.1. The summed E-state index contributed by atoms with van der Waals surface area (Å²) < 4.78 is 31.1. The molecule has 3 rings (SSSR count). The smallest absolute Gasteiger partial charge is 0.240 e. The van der Waals surface area contributed by atoms with Crippen molar-refractivity contribution in [2.24, 2.45) is 7.05 Å². The third-order valence-electron chi connectivity index (χ3n) is 5.66. The van der Waals surface area contributed by atoms with Crippen LogP contribution >= 0.6 is 0 Å². The van der Waals surface area contributed by atoms with Crippen LogP contribution in [0.15, 0.2) is 41.4 Å². The molecule has 0 bridgehead atoms. The van der Waals surface area contributed by atoms with E-state index in [4.69, 9.17) is 0 Å². The summed E-state index contributed by atoms with van der Waals surface area (Å²) in [6.45, 7) is 5.43. The van der Waals surface area contributed by atoms with Crippen molar-refractivity contribution in [2.75, 3.05) is 25.0 Å². The molecule has 164 valence electrons. The van der Waals surface area contributed by atoms with Crippen molar-refractivity contribution >= 4 is 21.6 Å². The molecule has 0 aliphatic carbocycles. The van der Waals surface area contributed by atoms with Crippen molar-refractivity contribution in [1.82, 2.24) is 14.2 Å². The Labute approximate surface area is 179 Å². The van der Waals surface area contributed by atoms with Gasteiger partial charge in [-0.05, 0) is 68.8 Å². The monoisotopic (exact) mass is 432 g/mol. The SMILES string of the molecule is CC(=O)Nc1ccc(S(=O)(=O)NCC(c2cccn2C)N2CCCCCC2)c(C)c1. The lowest BCUT2D eigenvalue weighted by Crippen LogP contribution is -2.39. The summed E-state index contributed by atoms with van der Waals surface area (Å²) in [6.07, 6.45) is 6.72. The molecule has 0 spiro atoms. The second kappa shape index (κ2) is 9.76. The van der Waals surface area contributed by atoms with E-state index in [9.17, 15) is 13.2 Å². The van der Waals surface area contributed by atoms with E-state index in [2.05, 4.69) is 25.6 Å². The number of sulfonamides is 1. The second-order valence-electron chi connectivity index (χ2n) is 8.02. The van der Waals surface area contributed by atoms with Gasteiger partial charge in [0.2, 0.25) is 15.9 Å². The first-order valence-corrected chi connectivity index (χ1v) is 12.0. The summed E-state index contributed by atoms with van der Waals surface area (Å²) in [6, 6.07) is 8.90. The van der Waals surface area contributed by atoms with Crippen LogP contribution in [0.2, 0.25) is 0 Å². The number of likely N-dealkylation sites (tertiary alicyclic amines) is 1. The lowest BCUT2D eigenvalue weighted by Gasteiger charge is -2.31. The molecule has 1 unspecified atom stereocenters. The van der Waals surface area contributed by atoms with E-state index >= 15 is 0 Å². The number of amides is 1. The van der Waals surface area contributed by atoms with Gasteiger partial charge in [0.1, 0.15) is 0 Å². The molecule has 7 nitrogen and oxygen atoms in total. The summed E-state index contributed by atoms with van der Waals surface area (Å²) in [7, 11) is -1.68. The van der Waals surface area contributed by atoms with Crippen LogP contribution in [0.25, 0.3) is 0 Å². The van der Waals surface area contributed by atoms with Crippen LogP contribution in [0, 0.1) is 6.92 Å². The van der Waals surface area contributed by atoms with Crippen molar-refractivity contribution in [3.8, 4) is 0 Å². The van der Waals surface area contributed by atoms with Gasteiger partial charge in [-0.1, -0.05) is 12.8 Å². The number of carbonyl (C=O) groups excluding carboxylic acids is 1. The molecule has 1 aliphatic heterocycles. The molecule has 2 N–H and O–H groups in total. The number of nitrogens with one attached hydrogen (secondary N) is 2. The van der Waals surface area contributed by atoms with Gasteiger partial charge < -0.3 is 9.88 Å². The van der Waals surface area contributed by atoms with Crippen LogP contribution in [0.1, 0.15) is 49.9 Å². The normalized spacial score (nSPS) is 16.8. The molecule has 1 fully saturated rings. The molecule has 1 aromatic carbocycles. The van der Waals surface area contributed by atoms with Crippen molar-refractivity contribution in [1.29, 1.82) is 0 Å². The number of aromatic nitrogens is 1. The summed E-state index contributed by atoms with van der Waals surface area (Å²) in [5.74, 6) is -0.189. The number of nitrogens with zero attached hydrogens (tertiary/aromatic N) is 2. The molecule has 1 saturated heterocycles. The summed E-state index contributed by atoms with van der Waals surface area (Å²) in [5.41, 5.74) is 2.29. The van der Waals surface area contributed by atoms with Crippen molar-refractivity contribution in [3.63, 3.8) is 0 Å². The molecule has 0 saturated carbocycles. The van der Waals surface area contributed by atoms with Gasteiger partial charge in [-0.2, -0.15) is 0 Å². The standard InChI is InChI=1S/C22H32N4O3S/c1-17-15-19(24-18(2)27)10-11-22(17)30(28,29)23-16-21(20-9-8-12-25(20)3)26-13-6-4-5-7-14-26/h8-12,15,21,23H,4-7,13-14,16H2,1-3H3,(H,24,27). The Balaban J connectivity index is 1.80. The Bertz CT molecular complexity index is 976. The third kappa shape index (κ3) is 5.50. The number of aryl methyl sites for hydroxylation is 2. The summed E-state index contributed by atoms with van der Waals surface area (Å²) in [5, 5.41) is 2.68. The molecular formula is C22H32N4O3S. The maximum absolute atomic E-state index is 13.1. The fourth-order valence-corrected chi connectivity index (χ4v) is 5.41. The van der Waals surface area contributed by atoms with Crippen LogP contribution in [-0.4, -0.2) is 43.4 Å². The van der Waals surface area contributed by atoms with Crippen LogP contribution in [-0.2, 0) is 21.9 Å². The quantitative estimate of drug-likeness (QED) is 0.704. The molecule has 1 atom stereocenters. The van der Waals surface area contributed by atoms with Crippen LogP contribution in [0.5, 0.6) is 0 Å². The number of hydrogen-bond acceptors (Lipinski definition) is 4. The Kier molecular flexibility index (Phi) is 7.33. The Morgan fingerprint density at radius 3 is 2.40 bits per heavy atom. The first-order valence-electron chi connectivity index (χ1n) is 10.5. The Hall–Kier alpha value is -2.16. The largest absolute Gasteiger partial charge is 0.353 e. The summed E-state index contributed by atoms with van der Waals surface area (Å²) in [4.78, 5) is 13.9. The zero-order valence-corrected chi connectivity index (χ0v) is 18.8. The van der Waals surface area contributed by atoms with E-state index < -0.39 is 10.0 Å². The van der Waals surface area contributed by atoms with Crippen LogP contribution in [0.3, 0.4) is 0 Å². The van der Waals surface area contributed by atoms with Gasteiger partial charge in [-0.15, -0.1) is 0 Å². The molecule has 2 heterocycles. The van der Waals surface area contributed by atoms with E-state index in [-0.39, 0.29) is 16.8 Å². The van der Waals surface area contributed by atoms with Gasteiger partial charge in [-0.3, -0.25) is 9.69 Å². The van der Waals surface area contributed by atoms with Gasteiger partial charge in [0.25, 0.3) is 0 Å². The minimum Gasteiger partial charge on any atom is -0.353 e. The second-order valence-corrected chi connectivity index (χ2v) is 9.76. The Morgan fingerprint density at radius 2 is 1.83 bits per heavy atom. The highest BCUT2D eigenvalue weighted by Crippen LogP contribution is 2.25. The molecule has 30 heavy (non-hydrogen) atoms. The highest BCUT2D eigenvalue weighted by Gasteiger charge is 2.26. The highest BCUT2D eigenvalue weighted by atomic mass is 32.2. The van der Waals surface area contributed by atoms with Gasteiger partial charge in [0.05, 0.1) is 10.9 Å². The average Bonchev–Trinajstić information content (AvgIpc) is 2.91. The maximum Gasteiger partial charge on any atom is 0.240 e. The molecule has 8 heteroatoms. The van der Waals surface area contributed by atoms with E-state index in [0.29, 0.717) is 17.8 Å². The lowest BCUT2D eigenvalue weighted by molar-refractivity contribution is -0.114. The van der Waals surface area contributed by atoms with Gasteiger partial charge in [0, 0.05) is 38.1 Å². The number of anilines is 1. The minimum atomic E-state index is -3.68. The van der Waals surface area contributed by atoms with E-state index in [0.717, 1.165) is 31.6 Å². The Morgan fingerprint density at radius 1 is 1.13 bits per heavy atom. The fraction of sp³-hybridized carbons (Fsp3) is 0.500. The highest BCUT2D eigenvalue weighted by molar-refractivity contribution is 7.89. The molecular weight excluding hydrogens is 400 g/mol. The van der Waals surface area contributed by atoms with Crippen LogP contribution < -0.4 is 10.0 Å². The predicted octanol–water partition coefficient (Wildman–Crippen LogP) is 3.19. The molecule has 0 radical (unpaired) electrons. The zero-order chi connectivity index (χ0) is 21.7. The first kappa shape index (κ1) is 22.5. The zero-order valence-electron chi connectivity index (χ0n) is 18.0. The molecule has 1 aliphatic rings. The van der Waals surface area contributed by atoms with Gasteiger partial charge >= 0.3 is 0 Å². The summed E-state index contributed by atoms with van der Waals surface area (Å²) >= 11 is 0. The predicted molar refractivity (Wildman–Crippen MR) is 119 cm³/mol. The average molecular weight is 433 g/mol. The number of rotatable bonds is 7. The fourth-order valence-electron chi connectivity index (χ4n) is 4.15. The first-order chi connectivity index (χ1) is 14.3. The van der Waals surface area contributed by atoms with Gasteiger partial charge in [-0.25, -0.2) is 13.1 Å². The molecule has 2 aromatic rings.